The van der Waals surface area contributed by atoms with Crippen molar-refractivity contribution < 1.29 is 9.53 Å². The Hall–Kier alpha value is -2.66. The molecular weight excluding hydrogens is 332 g/mol. The third kappa shape index (κ3) is 5.72. The number of thiazole rings is 1. The summed E-state index contributed by atoms with van der Waals surface area (Å²) in [5.74, 6) is 0. The molecule has 3 rings (SSSR count). The zero-order chi connectivity index (χ0) is 17.3. The van der Waals surface area contributed by atoms with Crippen LogP contribution in [0.3, 0.4) is 0 Å². The average Bonchev–Trinajstić information content (AvgIpc) is 3.09. The van der Waals surface area contributed by atoms with Crippen LogP contribution in [0, 0.1) is 0 Å². The molecule has 0 bridgehead atoms. The minimum absolute atomic E-state index is 0.283. The zero-order valence-corrected chi connectivity index (χ0v) is 14.7. The van der Waals surface area contributed by atoms with Crippen molar-refractivity contribution in [2.45, 2.75) is 19.4 Å². The van der Waals surface area contributed by atoms with E-state index in [1.807, 2.05) is 54.7 Å². The fraction of sp³-hybridized carbons (Fsp3) is 0.200. The van der Waals surface area contributed by atoms with E-state index >= 15 is 0 Å². The molecule has 1 heterocycles. The largest absolute Gasteiger partial charge is 0.445 e. The van der Waals surface area contributed by atoms with Gasteiger partial charge in [0.25, 0.3) is 0 Å². The Morgan fingerprint density at radius 2 is 1.68 bits per heavy atom. The first-order valence-corrected chi connectivity index (χ1v) is 9.03. The standard InChI is InChI=1S/C20H20N2O2S/c23-20(24-15-17-9-5-2-6-10-17)21-12-11-19-22-14-18(25-19)13-16-7-3-1-4-8-16/h1-10,14H,11-13,15H2,(H,21,23). The number of aromatic nitrogens is 1. The number of carbonyl (C=O) groups excluding carboxylic acids is 1. The Morgan fingerprint density at radius 3 is 2.40 bits per heavy atom. The highest BCUT2D eigenvalue weighted by atomic mass is 32.1. The summed E-state index contributed by atoms with van der Waals surface area (Å²) in [7, 11) is 0. The molecule has 5 heteroatoms. The van der Waals surface area contributed by atoms with E-state index in [1.165, 1.54) is 10.4 Å². The number of ether oxygens (including phenoxy) is 1. The van der Waals surface area contributed by atoms with Gasteiger partial charge in [-0.1, -0.05) is 60.7 Å². The summed E-state index contributed by atoms with van der Waals surface area (Å²) in [4.78, 5) is 17.4. The molecule has 0 atom stereocenters. The Kier molecular flexibility index (Phi) is 6.17. The molecule has 2 aromatic carbocycles. The van der Waals surface area contributed by atoms with Crippen LogP contribution < -0.4 is 5.32 Å². The van der Waals surface area contributed by atoms with Crippen molar-refractivity contribution in [1.29, 1.82) is 0 Å². The van der Waals surface area contributed by atoms with Gasteiger partial charge in [-0.3, -0.25) is 0 Å². The van der Waals surface area contributed by atoms with Gasteiger partial charge in [-0.05, 0) is 11.1 Å². The molecule has 25 heavy (non-hydrogen) atoms. The number of rotatable bonds is 7. The van der Waals surface area contributed by atoms with Gasteiger partial charge in [0.1, 0.15) is 6.61 Å². The van der Waals surface area contributed by atoms with Crippen molar-refractivity contribution in [2.24, 2.45) is 0 Å². The van der Waals surface area contributed by atoms with Crippen LogP contribution in [0.15, 0.2) is 66.9 Å². The predicted octanol–water partition coefficient (Wildman–Crippen LogP) is 4.20. The lowest BCUT2D eigenvalue weighted by atomic mass is 10.1. The second kappa shape index (κ2) is 8.99. The maximum Gasteiger partial charge on any atom is 0.407 e. The Labute approximate surface area is 151 Å². The maximum absolute atomic E-state index is 11.7. The van der Waals surface area contributed by atoms with Crippen LogP contribution in [-0.2, 0) is 24.2 Å². The fourth-order valence-corrected chi connectivity index (χ4v) is 3.34. The maximum atomic E-state index is 11.7. The summed E-state index contributed by atoms with van der Waals surface area (Å²) in [6, 6.07) is 20.0. The van der Waals surface area contributed by atoms with Gasteiger partial charge in [-0.2, -0.15) is 0 Å². The summed E-state index contributed by atoms with van der Waals surface area (Å²) in [5, 5.41) is 3.79. The molecule has 0 aliphatic carbocycles. The van der Waals surface area contributed by atoms with Gasteiger partial charge in [-0.15, -0.1) is 11.3 Å². The normalized spacial score (nSPS) is 10.4. The van der Waals surface area contributed by atoms with Gasteiger partial charge in [0.15, 0.2) is 0 Å². The monoisotopic (exact) mass is 352 g/mol. The van der Waals surface area contributed by atoms with Crippen molar-refractivity contribution in [2.75, 3.05) is 6.54 Å². The molecule has 1 N–H and O–H groups in total. The van der Waals surface area contributed by atoms with Crippen LogP contribution in [0.2, 0.25) is 0 Å². The molecule has 0 aliphatic heterocycles. The first kappa shape index (κ1) is 17.2. The van der Waals surface area contributed by atoms with Crippen LogP contribution in [-0.4, -0.2) is 17.6 Å². The molecule has 128 valence electrons. The minimum atomic E-state index is -0.398. The van der Waals surface area contributed by atoms with Gasteiger partial charge < -0.3 is 10.1 Å². The second-order valence-electron chi connectivity index (χ2n) is 5.62. The highest BCUT2D eigenvalue weighted by Gasteiger charge is 2.06. The molecule has 0 saturated carbocycles. The smallest absolute Gasteiger partial charge is 0.407 e. The molecule has 0 saturated heterocycles. The molecule has 1 amide bonds. The summed E-state index contributed by atoms with van der Waals surface area (Å²) < 4.78 is 5.18. The van der Waals surface area contributed by atoms with E-state index in [9.17, 15) is 4.79 Å². The first-order valence-electron chi connectivity index (χ1n) is 8.21. The van der Waals surface area contributed by atoms with Crippen molar-refractivity contribution in [3.05, 3.63) is 87.9 Å². The van der Waals surface area contributed by atoms with Crippen LogP contribution in [0.25, 0.3) is 0 Å². The molecule has 4 nitrogen and oxygen atoms in total. The van der Waals surface area contributed by atoms with Gasteiger partial charge in [-0.25, -0.2) is 9.78 Å². The first-order chi connectivity index (χ1) is 12.3. The number of amides is 1. The minimum Gasteiger partial charge on any atom is -0.445 e. The second-order valence-corrected chi connectivity index (χ2v) is 6.82. The Morgan fingerprint density at radius 1 is 1.00 bits per heavy atom. The Balaban J connectivity index is 1.38. The van der Waals surface area contributed by atoms with E-state index in [0.717, 1.165) is 17.0 Å². The lowest BCUT2D eigenvalue weighted by Crippen LogP contribution is -2.26. The van der Waals surface area contributed by atoms with Crippen LogP contribution >= 0.6 is 11.3 Å². The highest BCUT2D eigenvalue weighted by Crippen LogP contribution is 2.17. The number of carbonyl (C=O) groups is 1. The van der Waals surface area contributed by atoms with Gasteiger partial charge in [0.05, 0.1) is 5.01 Å². The summed E-state index contributed by atoms with van der Waals surface area (Å²) >= 11 is 1.69. The number of hydrogen-bond donors (Lipinski definition) is 1. The quantitative estimate of drug-likeness (QED) is 0.693. The van der Waals surface area contributed by atoms with E-state index in [1.54, 1.807) is 11.3 Å². The molecule has 0 fully saturated rings. The molecule has 0 unspecified atom stereocenters. The number of alkyl carbamates (subject to hydrolysis) is 1. The molecule has 3 aromatic rings. The highest BCUT2D eigenvalue weighted by molar-refractivity contribution is 7.11. The predicted molar refractivity (Wildman–Crippen MR) is 99.7 cm³/mol. The SMILES string of the molecule is O=C(NCCc1ncc(Cc2ccccc2)s1)OCc1ccccc1. The van der Waals surface area contributed by atoms with Crippen LogP contribution in [0.4, 0.5) is 4.79 Å². The Bertz CT molecular complexity index is 788. The number of benzene rings is 2. The van der Waals surface area contributed by atoms with Gasteiger partial charge >= 0.3 is 6.09 Å². The fourth-order valence-electron chi connectivity index (χ4n) is 2.39. The summed E-state index contributed by atoms with van der Waals surface area (Å²) in [5.41, 5.74) is 2.25. The summed E-state index contributed by atoms with van der Waals surface area (Å²) in [6.07, 6.45) is 3.12. The van der Waals surface area contributed by atoms with E-state index in [-0.39, 0.29) is 6.61 Å². The molecule has 1 aromatic heterocycles. The van der Waals surface area contributed by atoms with E-state index in [2.05, 4.69) is 22.4 Å². The van der Waals surface area contributed by atoms with Crippen molar-refractivity contribution in [3.8, 4) is 0 Å². The van der Waals surface area contributed by atoms with E-state index in [0.29, 0.717) is 13.0 Å². The van der Waals surface area contributed by atoms with Crippen molar-refractivity contribution >= 4 is 17.4 Å². The van der Waals surface area contributed by atoms with Crippen molar-refractivity contribution in [3.63, 3.8) is 0 Å². The third-order valence-corrected chi connectivity index (χ3v) is 4.70. The van der Waals surface area contributed by atoms with E-state index < -0.39 is 6.09 Å². The third-order valence-electron chi connectivity index (χ3n) is 3.64. The lowest BCUT2D eigenvalue weighted by Gasteiger charge is -2.06. The average molecular weight is 352 g/mol. The van der Waals surface area contributed by atoms with Crippen LogP contribution in [0.1, 0.15) is 21.0 Å². The van der Waals surface area contributed by atoms with Gasteiger partial charge in [0.2, 0.25) is 0 Å². The lowest BCUT2D eigenvalue weighted by molar-refractivity contribution is 0.140. The molecular formula is C20H20N2O2S. The number of hydrogen-bond acceptors (Lipinski definition) is 4. The van der Waals surface area contributed by atoms with Gasteiger partial charge in [0, 0.05) is 30.5 Å². The van der Waals surface area contributed by atoms with Crippen molar-refractivity contribution in [1.82, 2.24) is 10.3 Å². The molecule has 0 spiro atoms. The number of nitrogens with zero attached hydrogens (tertiary/aromatic N) is 1. The zero-order valence-electron chi connectivity index (χ0n) is 13.9. The molecule has 0 radical (unpaired) electrons. The van der Waals surface area contributed by atoms with E-state index in [4.69, 9.17) is 4.74 Å². The number of nitrogens with one attached hydrogen (secondary N) is 1. The molecule has 0 aliphatic rings. The van der Waals surface area contributed by atoms with Crippen LogP contribution in [0.5, 0.6) is 0 Å². The summed E-state index contributed by atoms with van der Waals surface area (Å²) in [6.45, 7) is 0.803. The topological polar surface area (TPSA) is 51.2 Å².